The van der Waals surface area contributed by atoms with Crippen molar-refractivity contribution in [2.45, 2.75) is 25.7 Å². The highest BCUT2D eigenvalue weighted by Crippen LogP contribution is 2.35. The van der Waals surface area contributed by atoms with Crippen LogP contribution in [-0.4, -0.2) is 44.0 Å². The van der Waals surface area contributed by atoms with Gasteiger partial charge in [-0.1, -0.05) is 25.0 Å². The van der Waals surface area contributed by atoms with Crippen LogP contribution in [0, 0.1) is 11.6 Å². The van der Waals surface area contributed by atoms with Gasteiger partial charge in [-0.05, 0) is 96.9 Å². The Morgan fingerprint density at radius 1 is 0.816 bits per heavy atom. The van der Waals surface area contributed by atoms with E-state index in [4.69, 9.17) is 9.47 Å². The van der Waals surface area contributed by atoms with E-state index in [0.29, 0.717) is 40.2 Å². The largest absolute Gasteiger partial charge is 0.497 e. The normalized spacial score (nSPS) is 14.3. The highest BCUT2D eigenvalue weighted by atomic mass is 19.1. The van der Waals surface area contributed by atoms with Gasteiger partial charge in [-0.2, -0.15) is 0 Å². The summed E-state index contributed by atoms with van der Waals surface area (Å²) in [7, 11) is 1.58. The Morgan fingerprint density at radius 3 is 2.24 bits per heavy atom. The van der Waals surface area contributed by atoms with Crippen molar-refractivity contribution < 1.29 is 23.0 Å². The Hall–Kier alpha value is -3.77. The Kier molecular flexibility index (Phi) is 7.99. The molecular weight excluding hydrogens is 484 g/mol. The molecule has 0 unspecified atom stereocenters. The molecule has 0 bridgehead atoms. The predicted octanol–water partition coefficient (Wildman–Crippen LogP) is 7.28. The molecule has 1 heterocycles. The lowest BCUT2D eigenvalue weighted by atomic mass is 9.89. The van der Waals surface area contributed by atoms with E-state index in [1.54, 1.807) is 49.6 Å². The first-order chi connectivity index (χ1) is 18.5. The van der Waals surface area contributed by atoms with Crippen molar-refractivity contribution in [3.05, 3.63) is 95.6 Å². The summed E-state index contributed by atoms with van der Waals surface area (Å²) < 4.78 is 39.8. The third kappa shape index (κ3) is 5.70. The highest BCUT2D eigenvalue weighted by Gasteiger charge is 2.21. The van der Waals surface area contributed by atoms with Gasteiger partial charge < -0.3 is 9.47 Å². The average molecular weight is 516 g/mol. The number of carbonyl (C=O) groups excluding carboxylic acids is 1. The maximum absolute atomic E-state index is 14.8. The van der Waals surface area contributed by atoms with Gasteiger partial charge in [0.2, 0.25) is 0 Å². The van der Waals surface area contributed by atoms with Crippen molar-refractivity contribution in [2.24, 2.45) is 0 Å². The van der Waals surface area contributed by atoms with E-state index in [1.165, 1.54) is 37.8 Å². The van der Waals surface area contributed by atoms with E-state index < -0.39 is 11.6 Å². The maximum Gasteiger partial charge on any atom is 0.194 e. The number of methoxy groups -OCH3 is 1. The van der Waals surface area contributed by atoms with Crippen LogP contribution < -0.4 is 9.47 Å². The molecule has 0 spiro atoms. The monoisotopic (exact) mass is 515 g/mol. The third-order valence-electron chi connectivity index (χ3n) is 7.17. The molecule has 0 atom stereocenters. The molecule has 0 amide bonds. The van der Waals surface area contributed by atoms with E-state index in [2.05, 4.69) is 4.90 Å². The molecule has 4 nitrogen and oxygen atoms in total. The topological polar surface area (TPSA) is 38.8 Å². The fraction of sp³-hybridized carbons (Fsp3) is 0.281. The van der Waals surface area contributed by atoms with Crippen molar-refractivity contribution in [3.8, 4) is 22.6 Å². The van der Waals surface area contributed by atoms with E-state index in [0.717, 1.165) is 31.1 Å². The molecule has 1 aliphatic rings. The lowest BCUT2D eigenvalue weighted by Crippen LogP contribution is -2.29. The summed E-state index contributed by atoms with van der Waals surface area (Å²) in [5, 5.41) is 1.45. The zero-order chi connectivity index (χ0) is 26.5. The minimum atomic E-state index is -0.722. The van der Waals surface area contributed by atoms with Gasteiger partial charge in [0.15, 0.2) is 5.78 Å². The van der Waals surface area contributed by atoms with Gasteiger partial charge in [0.1, 0.15) is 29.7 Å². The molecule has 1 saturated heterocycles. The number of fused-ring (bicyclic) bond motifs is 1. The number of hydrogen-bond acceptors (Lipinski definition) is 4. The minimum Gasteiger partial charge on any atom is -0.497 e. The van der Waals surface area contributed by atoms with Gasteiger partial charge in [-0.3, -0.25) is 9.69 Å². The zero-order valence-electron chi connectivity index (χ0n) is 21.5. The van der Waals surface area contributed by atoms with Gasteiger partial charge in [0, 0.05) is 29.3 Å². The van der Waals surface area contributed by atoms with Crippen LogP contribution in [0.1, 0.15) is 41.6 Å². The zero-order valence-corrected chi connectivity index (χ0v) is 21.5. The van der Waals surface area contributed by atoms with Crippen LogP contribution in [-0.2, 0) is 0 Å². The molecule has 38 heavy (non-hydrogen) atoms. The summed E-state index contributed by atoms with van der Waals surface area (Å²) in [6, 6.07) is 19.4. The lowest BCUT2D eigenvalue weighted by molar-refractivity contribution is 0.104. The molecule has 0 saturated carbocycles. The Morgan fingerprint density at radius 2 is 1.53 bits per heavy atom. The van der Waals surface area contributed by atoms with Crippen molar-refractivity contribution in [2.75, 3.05) is 33.4 Å². The first kappa shape index (κ1) is 25.9. The third-order valence-corrected chi connectivity index (χ3v) is 7.17. The van der Waals surface area contributed by atoms with Gasteiger partial charge in [0.05, 0.1) is 7.11 Å². The molecule has 0 aliphatic carbocycles. The van der Waals surface area contributed by atoms with Crippen LogP contribution in [0.15, 0.2) is 72.8 Å². The predicted molar refractivity (Wildman–Crippen MR) is 146 cm³/mol. The van der Waals surface area contributed by atoms with Crippen LogP contribution >= 0.6 is 0 Å². The van der Waals surface area contributed by atoms with Crippen molar-refractivity contribution in [1.29, 1.82) is 0 Å². The summed E-state index contributed by atoms with van der Waals surface area (Å²) in [6.07, 6.45) is 5.07. The summed E-state index contributed by atoms with van der Waals surface area (Å²) in [4.78, 5) is 16.3. The second-order valence-corrected chi connectivity index (χ2v) is 9.66. The number of hydrogen-bond donors (Lipinski definition) is 0. The second-order valence-electron chi connectivity index (χ2n) is 9.66. The molecule has 0 aromatic heterocycles. The fourth-order valence-corrected chi connectivity index (χ4v) is 5.11. The summed E-state index contributed by atoms with van der Waals surface area (Å²) in [5.41, 5.74) is 1.38. The fourth-order valence-electron chi connectivity index (χ4n) is 5.11. The number of likely N-dealkylation sites (tertiary alicyclic amines) is 1. The van der Waals surface area contributed by atoms with Crippen molar-refractivity contribution in [3.63, 3.8) is 0 Å². The highest BCUT2D eigenvalue weighted by molar-refractivity contribution is 6.20. The van der Waals surface area contributed by atoms with Crippen LogP contribution in [0.3, 0.4) is 0 Å². The van der Waals surface area contributed by atoms with Crippen LogP contribution in [0.5, 0.6) is 11.5 Å². The van der Waals surface area contributed by atoms with Gasteiger partial charge in [0.25, 0.3) is 0 Å². The number of ketones is 1. The van der Waals surface area contributed by atoms with E-state index in [-0.39, 0.29) is 11.3 Å². The number of rotatable bonds is 8. The van der Waals surface area contributed by atoms with E-state index in [1.807, 2.05) is 12.1 Å². The molecule has 6 heteroatoms. The molecular formula is C32H31F2NO3. The Bertz CT molecular complexity index is 1430. The van der Waals surface area contributed by atoms with E-state index >= 15 is 0 Å². The first-order valence-electron chi connectivity index (χ1n) is 13.1. The number of halogens is 2. The van der Waals surface area contributed by atoms with Crippen LogP contribution in [0.2, 0.25) is 0 Å². The van der Waals surface area contributed by atoms with Gasteiger partial charge in [-0.15, -0.1) is 0 Å². The van der Waals surface area contributed by atoms with Gasteiger partial charge in [-0.25, -0.2) is 8.78 Å². The number of nitrogens with zero attached hydrogens (tertiary/aromatic N) is 1. The molecule has 4 aromatic rings. The molecule has 0 N–H and O–H groups in total. The van der Waals surface area contributed by atoms with Crippen molar-refractivity contribution in [1.82, 2.24) is 4.90 Å². The lowest BCUT2D eigenvalue weighted by Gasteiger charge is -2.19. The SMILES string of the molecule is COc1ccc2c(C(=O)c3ccc(OCCN4CCCCCC4)cc3)c(-c3ccc(F)cc3F)ccc2c1. The molecule has 1 aliphatic heterocycles. The van der Waals surface area contributed by atoms with Gasteiger partial charge >= 0.3 is 0 Å². The summed E-state index contributed by atoms with van der Waals surface area (Å²) >= 11 is 0. The van der Waals surface area contributed by atoms with E-state index in [9.17, 15) is 13.6 Å². The molecule has 1 fully saturated rings. The number of benzene rings is 4. The van der Waals surface area contributed by atoms with Crippen LogP contribution in [0.25, 0.3) is 21.9 Å². The maximum atomic E-state index is 14.8. The Balaban J connectivity index is 1.43. The molecule has 5 rings (SSSR count). The molecule has 196 valence electrons. The first-order valence-corrected chi connectivity index (χ1v) is 13.1. The standard InChI is InChI=1S/C32H31F2NO3/c1-37-26-12-15-27-23(20-26)8-13-29(28-14-9-24(33)21-30(28)34)31(27)32(36)22-6-10-25(11-7-22)38-19-18-35-16-4-2-3-5-17-35/h6-15,20-21H,2-5,16-19H2,1H3. The second kappa shape index (κ2) is 11.7. The summed E-state index contributed by atoms with van der Waals surface area (Å²) in [5.74, 6) is -0.297. The van der Waals surface area contributed by atoms with Crippen LogP contribution in [0.4, 0.5) is 8.78 Å². The summed E-state index contributed by atoms with van der Waals surface area (Å²) in [6.45, 7) is 3.70. The van der Waals surface area contributed by atoms with Crippen molar-refractivity contribution >= 4 is 16.6 Å². The number of ether oxygens (including phenoxy) is 2. The molecule has 4 aromatic carbocycles. The minimum absolute atomic E-state index is 0.168. The Labute approximate surface area is 221 Å². The number of carbonyl (C=O) groups is 1. The average Bonchev–Trinajstić information content (AvgIpc) is 3.21. The quantitative estimate of drug-likeness (QED) is 0.231. The molecule has 0 radical (unpaired) electrons. The smallest absolute Gasteiger partial charge is 0.194 e.